The second kappa shape index (κ2) is 7.34. The molecule has 1 saturated heterocycles. The third-order valence-electron chi connectivity index (χ3n) is 5.06. The van der Waals surface area contributed by atoms with Crippen molar-refractivity contribution < 1.29 is 9.59 Å². The topological polar surface area (TPSA) is 52.7 Å². The van der Waals surface area contributed by atoms with E-state index in [0.717, 1.165) is 36.4 Å². The van der Waals surface area contributed by atoms with E-state index in [4.69, 9.17) is 0 Å². The van der Waals surface area contributed by atoms with Gasteiger partial charge in [-0.15, -0.1) is 0 Å². The van der Waals surface area contributed by atoms with Gasteiger partial charge in [-0.2, -0.15) is 0 Å². The van der Waals surface area contributed by atoms with Crippen molar-refractivity contribution in [1.82, 2.24) is 9.80 Å². The zero-order chi connectivity index (χ0) is 17.9. The van der Waals surface area contributed by atoms with Crippen molar-refractivity contribution in [3.63, 3.8) is 0 Å². The van der Waals surface area contributed by atoms with E-state index in [9.17, 15) is 9.59 Å². The van der Waals surface area contributed by atoms with Crippen LogP contribution in [0.3, 0.4) is 0 Å². The second-order valence-corrected chi connectivity index (χ2v) is 7.05. The summed E-state index contributed by atoms with van der Waals surface area (Å²) >= 11 is 0. The molecule has 0 radical (unpaired) electrons. The maximum atomic E-state index is 12.8. The monoisotopic (exact) mass is 331 g/mol. The molecule has 0 saturated carbocycles. The summed E-state index contributed by atoms with van der Waals surface area (Å²) < 4.78 is 0. The summed E-state index contributed by atoms with van der Waals surface area (Å²) in [5, 5.41) is 2.93. The Hall–Kier alpha value is -1.88. The van der Waals surface area contributed by atoms with E-state index >= 15 is 0 Å². The molecule has 0 atom stereocenters. The fraction of sp³-hybridized carbons (Fsp3) is 0.579. The first kappa shape index (κ1) is 18.5. The number of nitrogens with one attached hydrogen (secondary N) is 1. The molecule has 1 heterocycles. The quantitative estimate of drug-likeness (QED) is 0.862. The Balaban J connectivity index is 2.07. The van der Waals surface area contributed by atoms with Gasteiger partial charge in [-0.3, -0.25) is 9.59 Å². The molecule has 5 heteroatoms. The summed E-state index contributed by atoms with van der Waals surface area (Å²) in [6, 6.07) is 5.80. The zero-order valence-electron chi connectivity index (χ0n) is 15.5. The first-order valence-electron chi connectivity index (χ1n) is 8.66. The maximum Gasteiger partial charge on any atom is 0.239 e. The smallest absolute Gasteiger partial charge is 0.239 e. The van der Waals surface area contributed by atoms with Crippen molar-refractivity contribution in [3.05, 3.63) is 29.3 Å². The van der Waals surface area contributed by atoms with Gasteiger partial charge in [0.1, 0.15) is 5.41 Å². The van der Waals surface area contributed by atoms with Crippen LogP contribution in [0.1, 0.15) is 31.9 Å². The Morgan fingerprint density at radius 1 is 1.12 bits per heavy atom. The Labute approximate surface area is 145 Å². The minimum atomic E-state index is -1.08. The van der Waals surface area contributed by atoms with Crippen molar-refractivity contribution in [2.45, 2.75) is 34.6 Å². The number of likely N-dealkylation sites (N-methyl/N-ethyl adjacent to an activating group) is 1. The molecule has 5 nitrogen and oxygen atoms in total. The van der Waals surface area contributed by atoms with E-state index in [1.807, 2.05) is 36.9 Å². The standard InChI is InChI=1S/C19H29N3O2/c1-6-21-10-12-22(13-11-21)18(24)19(4,5)17(23)20-16-9-7-8-14(2)15(16)3/h7-9H,6,10-13H2,1-5H3,(H,20,23). The molecular formula is C19H29N3O2. The number of hydrogen-bond acceptors (Lipinski definition) is 3. The lowest BCUT2D eigenvalue weighted by Gasteiger charge is -2.37. The minimum Gasteiger partial charge on any atom is -0.339 e. The van der Waals surface area contributed by atoms with Crippen LogP contribution >= 0.6 is 0 Å². The van der Waals surface area contributed by atoms with Gasteiger partial charge in [-0.1, -0.05) is 19.1 Å². The van der Waals surface area contributed by atoms with Crippen LogP contribution in [0.25, 0.3) is 0 Å². The lowest BCUT2D eigenvalue weighted by atomic mass is 9.89. The van der Waals surface area contributed by atoms with Crippen molar-refractivity contribution in [2.24, 2.45) is 5.41 Å². The van der Waals surface area contributed by atoms with Crippen LogP contribution in [0.4, 0.5) is 5.69 Å². The number of carbonyl (C=O) groups is 2. The molecule has 132 valence electrons. The summed E-state index contributed by atoms with van der Waals surface area (Å²) in [5.41, 5.74) is 1.85. The summed E-state index contributed by atoms with van der Waals surface area (Å²) in [7, 11) is 0. The molecule has 1 aliphatic rings. The minimum absolute atomic E-state index is 0.0962. The summed E-state index contributed by atoms with van der Waals surface area (Å²) in [6.45, 7) is 13.6. The Kier molecular flexibility index (Phi) is 5.65. The van der Waals surface area contributed by atoms with Crippen molar-refractivity contribution >= 4 is 17.5 Å². The van der Waals surface area contributed by atoms with Crippen molar-refractivity contribution in [1.29, 1.82) is 0 Å². The molecule has 2 rings (SSSR count). The molecule has 0 spiro atoms. The second-order valence-electron chi connectivity index (χ2n) is 7.05. The number of rotatable bonds is 4. The number of nitrogens with zero attached hydrogens (tertiary/aromatic N) is 2. The van der Waals surface area contributed by atoms with E-state index < -0.39 is 5.41 Å². The average Bonchev–Trinajstić information content (AvgIpc) is 2.58. The van der Waals surface area contributed by atoms with E-state index in [-0.39, 0.29) is 11.8 Å². The molecule has 1 N–H and O–H groups in total. The van der Waals surface area contributed by atoms with Crippen LogP contribution in [0.2, 0.25) is 0 Å². The number of hydrogen-bond donors (Lipinski definition) is 1. The van der Waals surface area contributed by atoms with Crippen molar-refractivity contribution in [2.75, 3.05) is 38.0 Å². The summed E-state index contributed by atoms with van der Waals surface area (Å²) in [4.78, 5) is 29.7. The fourth-order valence-electron chi connectivity index (χ4n) is 2.92. The van der Waals surface area contributed by atoms with Gasteiger partial charge in [-0.25, -0.2) is 0 Å². The SMILES string of the molecule is CCN1CCN(C(=O)C(C)(C)C(=O)Nc2cccc(C)c2C)CC1. The van der Waals surface area contributed by atoms with E-state index in [0.29, 0.717) is 13.1 Å². The highest BCUT2D eigenvalue weighted by Crippen LogP contribution is 2.25. The van der Waals surface area contributed by atoms with Crippen LogP contribution in [0.5, 0.6) is 0 Å². The van der Waals surface area contributed by atoms with Gasteiger partial charge >= 0.3 is 0 Å². The van der Waals surface area contributed by atoms with E-state index in [1.54, 1.807) is 13.8 Å². The fourth-order valence-corrected chi connectivity index (χ4v) is 2.92. The molecule has 24 heavy (non-hydrogen) atoms. The average molecular weight is 331 g/mol. The highest BCUT2D eigenvalue weighted by Gasteiger charge is 2.40. The molecule has 1 fully saturated rings. The van der Waals surface area contributed by atoms with Gasteiger partial charge in [0, 0.05) is 31.9 Å². The number of piperazine rings is 1. The predicted molar refractivity (Wildman–Crippen MR) is 97.0 cm³/mol. The molecule has 2 amide bonds. The molecule has 0 unspecified atom stereocenters. The normalized spacial score (nSPS) is 16.1. The highest BCUT2D eigenvalue weighted by molar-refractivity contribution is 6.10. The molecule has 0 bridgehead atoms. The van der Waals surface area contributed by atoms with Gasteiger partial charge in [0.05, 0.1) is 0 Å². The zero-order valence-corrected chi connectivity index (χ0v) is 15.5. The van der Waals surface area contributed by atoms with Gasteiger partial charge in [-0.05, 0) is 51.4 Å². The van der Waals surface area contributed by atoms with Crippen LogP contribution in [-0.2, 0) is 9.59 Å². The highest BCUT2D eigenvalue weighted by atomic mass is 16.2. The van der Waals surface area contributed by atoms with E-state index in [2.05, 4.69) is 17.1 Å². The maximum absolute atomic E-state index is 12.8. The number of benzene rings is 1. The molecular weight excluding hydrogens is 302 g/mol. The number of carbonyl (C=O) groups excluding carboxylic acids is 2. The van der Waals surface area contributed by atoms with Gasteiger partial charge < -0.3 is 15.1 Å². The summed E-state index contributed by atoms with van der Waals surface area (Å²) in [6.07, 6.45) is 0. The van der Waals surface area contributed by atoms with Crippen LogP contribution < -0.4 is 5.32 Å². The third kappa shape index (κ3) is 3.78. The lowest BCUT2D eigenvalue weighted by molar-refractivity contribution is -0.147. The molecule has 0 aromatic heterocycles. The van der Waals surface area contributed by atoms with Gasteiger partial charge in [0.25, 0.3) is 0 Å². The predicted octanol–water partition coefficient (Wildman–Crippen LogP) is 2.43. The Morgan fingerprint density at radius 2 is 1.75 bits per heavy atom. The van der Waals surface area contributed by atoms with Gasteiger partial charge in [0.15, 0.2) is 0 Å². The summed E-state index contributed by atoms with van der Waals surface area (Å²) in [5.74, 6) is -0.347. The van der Waals surface area contributed by atoms with Crippen LogP contribution in [0, 0.1) is 19.3 Å². The first-order valence-corrected chi connectivity index (χ1v) is 8.66. The molecule has 1 aromatic rings. The molecule has 0 aliphatic carbocycles. The Morgan fingerprint density at radius 3 is 2.33 bits per heavy atom. The van der Waals surface area contributed by atoms with Gasteiger partial charge in [0.2, 0.25) is 11.8 Å². The largest absolute Gasteiger partial charge is 0.339 e. The van der Waals surface area contributed by atoms with Crippen molar-refractivity contribution in [3.8, 4) is 0 Å². The lowest BCUT2D eigenvalue weighted by Crippen LogP contribution is -2.54. The molecule has 1 aliphatic heterocycles. The number of anilines is 1. The molecule has 1 aromatic carbocycles. The number of aryl methyl sites for hydroxylation is 1. The Bertz CT molecular complexity index is 617. The van der Waals surface area contributed by atoms with Crippen LogP contribution in [-0.4, -0.2) is 54.3 Å². The number of amides is 2. The third-order valence-corrected chi connectivity index (χ3v) is 5.06. The van der Waals surface area contributed by atoms with Crippen LogP contribution in [0.15, 0.2) is 18.2 Å². The van der Waals surface area contributed by atoms with E-state index in [1.165, 1.54) is 0 Å². The first-order chi connectivity index (χ1) is 11.3.